The minimum atomic E-state index is -0.209. The molecule has 0 amide bonds. The van der Waals surface area contributed by atoms with Gasteiger partial charge in [-0.2, -0.15) is 0 Å². The van der Waals surface area contributed by atoms with Gasteiger partial charge in [-0.3, -0.25) is 0 Å². The van der Waals surface area contributed by atoms with Crippen molar-refractivity contribution >= 4 is 15.9 Å². The second kappa shape index (κ2) is 6.67. The average molecular weight is 314 g/mol. The molecule has 2 rings (SSSR count). The van der Waals surface area contributed by atoms with Gasteiger partial charge >= 0.3 is 0 Å². The maximum absolute atomic E-state index is 13.1. The number of rotatable bonds is 4. The minimum absolute atomic E-state index is 0.200. The SMILES string of the molecule is NC(Cc1ccc(F)c(Br)c1)CC1CCCCC1. The van der Waals surface area contributed by atoms with E-state index in [0.717, 1.165) is 24.3 Å². The van der Waals surface area contributed by atoms with Crippen LogP contribution in [0, 0.1) is 11.7 Å². The Kier molecular flexibility index (Phi) is 5.19. The zero-order valence-electron chi connectivity index (χ0n) is 10.7. The normalized spacial score (nSPS) is 18.8. The Bertz CT molecular complexity index is 388. The summed E-state index contributed by atoms with van der Waals surface area (Å²) >= 11 is 3.22. The van der Waals surface area contributed by atoms with Crippen LogP contribution < -0.4 is 5.73 Å². The summed E-state index contributed by atoms with van der Waals surface area (Å²) in [6.07, 6.45) is 8.72. The summed E-state index contributed by atoms with van der Waals surface area (Å²) in [4.78, 5) is 0. The lowest BCUT2D eigenvalue weighted by molar-refractivity contribution is 0.316. The molecule has 1 nitrogen and oxygen atoms in total. The monoisotopic (exact) mass is 313 g/mol. The van der Waals surface area contributed by atoms with Crippen LogP contribution in [0.2, 0.25) is 0 Å². The first-order valence-electron chi connectivity index (χ1n) is 6.84. The van der Waals surface area contributed by atoms with Crippen molar-refractivity contribution in [1.82, 2.24) is 0 Å². The molecule has 0 spiro atoms. The van der Waals surface area contributed by atoms with Gasteiger partial charge in [-0.15, -0.1) is 0 Å². The third-order valence-electron chi connectivity index (χ3n) is 3.84. The van der Waals surface area contributed by atoms with E-state index in [2.05, 4.69) is 15.9 Å². The van der Waals surface area contributed by atoms with Gasteiger partial charge in [0.1, 0.15) is 5.82 Å². The molecule has 0 saturated heterocycles. The van der Waals surface area contributed by atoms with Gasteiger partial charge in [-0.25, -0.2) is 4.39 Å². The second-order valence-electron chi connectivity index (χ2n) is 5.45. The van der Waals surface area contributed by atoms with Gasteiger partial charge in [0.05, 0.1) is 4.47 Å². The maximum atomic E-state index is 13.1. The van der Waals surface area contributed by atoms with E-state index in [1.54, 1.807) is 0 Å². The van der Waals surface area contributed by atoms with Crippen LogP contribution in [0.5, 0.6) is 0 Å². The number of nitrogens with two attached hydrogens (primary N) is 1. The number of halogens is 2. The van der Waals surface area contributed by atoms with E-state index in [1.165, 1.54) is 38.2 Å². The molecular weight excluding hydrogens is 293 g/mol. The topological polar surface area (TPSA) is 26.0 Å². The Morgan fingerprint density at radius 2 is 2.00 bits per heavy atom. The highest BCUT2D eigenvalue weighted by molar-refractivity contribution is 9.10. The van der Waals surface area contributed by atoms with Crippen molar-refractivity contribution in [1.29, 1.82) is 0 Å². The Balaban J connectivity index is 1.85. The van der Waals surface area contributed by atoms with Gasteiger partial charge in [0.25, 0.3) is 0 Å². The summed E-state index contributed by atoms with van der Waals surface area (Å²) in [6, 6.07) is 5.38. The smallest absolute Gasteiger partial charge is 0.137 e. The molecule has 0 bridgehead atoms. The lowest BCUT2D eigenvalue weighted by Gasteiger charge is -2.24. The van der Waals surface area contributed by atoms with Crippen LogP contribution in [-0.2, 0) is 6.42 Å². The van der Waals surface area contributed by atoms with Crippen molar-refractivity contribution in [3.63, 3.8) is 0 Å². The van der Waals surface area contributed by atoms with Crippen LogP contribution in [0.15, 0.2) is 22.7 Å². The first kappa shape index (κ1) is 14.0. The van der Waals surface area contributed by atoms with Crippen molar-refractivity contribution in [2.75, 3.05) is 0 Å². The van der Waals surface area contributed by atoms with Crippen LogP contribution in [0.4, 0.5) is 4.39 Å². The van der Waals surface area contributed by atoms with E-state index in [4.69, 9.17) is 5.73 Å². The molecule has 1 unspecified atom stereocenters. The number of hydrogen-bond donors (Lipinski definition) is 1. The summed E-state index contributed by atoms with van der Waals surface area (Å²) in [5, 5.41) is 0. The largest absolute Gasteiger partial charge is 0.327 e. The molecule has 0 aliphatic heterocycles. The van der Waals surface area contributed by atoms with Gasteiger partial charge in [0.2, 0.25) is 0 Å². The van der Waals surface area contributed by atoms with E-state index < -0.39 is 0 Å². The molecule has 18 heavy (non-hydrogen) atoms. The van der Waals surface area contributed by atoms with Crippen LogP contribution in [0.25, 0.3) is 0 Å². The van der Waals surface area contributed by atoms with E-state index >= 15 is 0 Å². The lowest BCUT2D eigenvalue weighted by atomic mass is 9.84. The molecule has 3 heteroatoms. The van der Waals surface area contributed by atoms with Crippen molar-refractivity contribution in [3.05, 3.63) is 34.1 Å². The second-order valence-corrected chi connectivity index (χ2v) is 6.31. The van der Waals surface area contributed by atoms with E-state index in [9.17, 15) is 4.39 Å². The first-order chi connectivity index (χ1) is 8.65. The van der Waals surface area contributed by atoms with Gasteiger partial charge < -0.3 is 5.73 Å². The Morgan fingerprint density at radius 1 is 1.28 bits per heavy atom. The van der Waals surface area contributed by atoms with Crippen LogP contribution >= 0.6 is 15.9 Å². The van der Waals surface area contributed by atoms with Gasteiger partial charge in [-0.1, -0.05) is 38.2 Å². The molecule has 0 heterocycles. The number of benzene rings is 1. The third-order valence-corrected chi connectivity index (χ3v) is 4.45. The fraction of sp³-hybridized carbons (Fsp3) is 0.600. The Morgan fingerprint density at radius 3 is 2.67 bits per heavy atom. The fourth-order valence-corrected chi connectivity index (χ4v) is 3.33. The van der Waals surface area contributed by atoms with Crippen LogP contribution in [0.3, 0.4) is 0 Å². The minimum Gasteiger partial charge on any atom is -0.327 e. The highest BCUT2D eigenvalue weighted by Crippen LogP contribution is 2.28. The molecule has 1 atom stereocenters. The van der Waals surface area contributed by atoms with E-state index in [-0.39, 0.29) is 11.9 Å². The first-order valence-corrected chi connectivity index (χ1v) is 7.64. The van der Waals surface area contributed by atoms with E-state index in [0.29, 0.717) is 4.47 Å². The third kappa shape index (κ3) is 4.06. The highest BCUT2D eigenvalue weighted by atomic mass is 79.9. The molecular formula is C15H21BrFN. The quantitative estimate of drug-likeness (QED) is 0.874. The molecule has 1 aromatic rings. The summed E-state index contributed by atoms with van der Waals surface area (Å²) in [7, 11) is 0. The zero-order valence-corrected chi connectivity index (χ0v) is 12.3. The Labute approximate surface area is 117 Å². The van der Waals surface area contributed by atoms with Crippen molar-refractivity contribution in [3.8, 4) is 0 Å². The van der Waals surface area contributed by atoms with Gasteiger partial charge in [-0.05, 0) is 52.4 Å². The van der Waals surface area contributed by atoms with Crippen LogP contribution in [0.1, 0.15) is 44.1 Å². The average Bonchev–Trinajstić information content (AvgIpc) is 2.35. The molecule has 1 saturated carbocycles. The van der Waals surface area contributed by atoms with E-state index in [1.807, 2.05) is 12.1 Å². The molecule has 1 aliphatic carbocycles. The molecule has 0 aromatic heterocycles. The van der Waals surface area contributed by atoms with Crippen molar-refractivity contribution in [2.45, 2.75) is 51.0 Å². The maximum Gasteiger partial charge on any atom is 0.137 e. The molecule has 1 aromatic carbocycles. The zero-order chi connectivity index (χ0) is 13.0. The summed E-state index contributed by atoms with van der Waals surface area (Å²) in [6.45, 7) is 0. The lowest BCUT2D eigenvalue weighted by Crippen LogP contribution is -2.27. The molecule has 100 valence electrons. The van der Waals surface area contributed by atoms with Crippen molar-refractivity contribution < 1.29 is 4.39 Å². The van der Waals surface area contributed by atoms with Crippen molar-refractivity contribution in [2.24, 2.45) is 11.7 Å². The fourth-order valence-electron chi connectivity index (χ4n) is 2.90. The Hall–Kier alpha value is -0.410. The van der Waals surface area contributed by atoms with Gasteiger partial charge in [0.15, 0.2) is 0 Å². The highest BCUT2D eigenvalue weighted by Gasteiger charge is 2.17. The number of hydrogen-bond acceptors (Lipinski definition) is 1. The predicted molar refractivity (Wildman–Crippen MR) is 77.0 cm³/mol. The molecule has 0 radical (unpaired) electrons. The van der Waals surface area contributed by atoms with Crippen LogP contribution in [-0.4, -0.2) is 6.04 Å². The predicted octanol–water partition coefficient (Wildman–Crippen LogP) is 4.43. The summed E-state index contributed by atoms with van der Waals surface area (Å²) < 4.78 is 13.7. The molecule has 1 aliphatic rings. The molecule has 2 N–H and O–H groups in total. The molecule has 1 fully saturated rings. The summed E-state index contributed by atoms with van der Waals surface area (Å²) in [5.41, 5.74) is 7.33. The summed E-state index contributed by atoms with van der Waals surface area (Å²) in [5.74, 6) is 0.595. The van der Waals surface area contributed by atoms with Gasteiger partial charge in [0, 0.05) is 6.04 Å². The standard InChI is InChI=1S/C15H21BrFN/c16-14-10-12(6-7-15(14)17)9-13(18)8-11-4-2-1-3-5-11/h6-7,10-11,13H,1-5,8-9,18H2.